The van der Waals surface area contributed by atoms with Crippen LogP contribution in [0.5, 0.6) is 0 Å². The molecule has 4 nitrogen and oxygen atoms in total. The molecule has 1 saturated carbocycles. The van der Waals surface area contributed by atoms with Crippen molar-refractivity contribution in [3.8, 4) is 0 Å². The first-order valence-corrected chi connectivity index (χ1v) is 7.85. The van der Waals surface area contributed by atoms with E-state index >= 15 is 0 Å². The quantitative estimate of drug-likeness (QED) is 0.761. The van der Waals surface area contributed by atoms with Crippen LogP contribution in [0.3, 0.4) is 0 Å². The zero-order valence-electron chi connectivity index (χ0n) is 14.0. The first-order valence-electron chi connectivity index (χ1n) is 7.85. The summed E-state index contributed by atoms with van der Waals surface area (Å²) >= 11 is 0. The van der Waals surface area contributed by atoms with Gasteiger partial charge < -0.3 is 15.0 Å². The Labute approximate surface area is 124 Å². The molecule has 0 aromatic carbocycles. The molecule has 4 heteroatoms. The summed E-state index contributed by atoms with van der Waals surface area (Å²) in [4.78, 5) is 14.4. The minimum Gasteiger partial charge on any atom is -0.468 e. The maximum absolute atomic E-state index is 12.0. The highest BCUT2D eigenvalue weighted by atomic mass is 16.5. The van der Waals surface area contributed by atoms with Crippen LogP contribution >= 0.6 is 0 Å². The van der Waals surface area contributed by atoms with Crippen molar-refractivity contribution >= 4 is 5.97 Å². The highest BCUT2D eigenvalue weighted by Crippen LogP contribution is 2.30. The Balaban J connectivity index is 2.68. The number of esters is 1. The van der Waals surface area contributed by atoms with E-state index in [-0.39, 0.29) is 5.97 Å². The SMILES string of the molecule is CNC(C)(CC(C)N(C)C1CCCCC1C)C(=O)OC. The lowest BCUT2D eigenvalue weighted by atomic mass is 9.83. The number of methoxy groups -OCH3 is 1. The standard InChI is InChI=1S/C16H32N2O2/c1-12-9-7-8-10-14(12)18(5)13(2)11-16(3,17-4)15(19)20-6/h12-14,17H,7-11H2,1-6H3. The van der Waals surface area contributed by atoms with E-state index in [0.29, 0.717) is 12.1 Å². The summed E-state index contributed by atoms with van der Waals surface area (Å²) in [6.45, 7) is 6.48. The first-order chi connectivity index (χ1) is 9.35. The van der Waals surface area contributed by atoms with E-state index in [9.17, 15) is 4.79 Å². The summed E-state index contributed by atoms with van der Waals surface area (Å²) in [5, 5.41) is 3.13. The van der Waals surface area contributed by atoms with E-state index < -0.39 is 5.54 Å². The van der Waals surface area contributed by atoms with Crippen molar-refractivity contribution in [2.24, 2.45) is 5.92 Å². The second kappa shape index (κ2) is 7.41. The van der Waals surface area contributed by atoms with Crippen molar-refractivity contribution in [1.82, 2.24) is 10.2 Å². The maximum atomic E-state index is 12.0. The van der Waals surface area contributed by atoms with E-state index in [1.807, 2.05) is 14.0 Å². The number of hydrogen-bond donors (Lipinski definition) is 1. The lowest BCUT2D eigenvalue weighted by Crippen LogP contribution is -2.54. The largest absolute Gasteiger partial charge is 0.468 e. The number of ether oxygens (including phenoxy) is 1. The molecule has 0 spiro atoms. The van der Waals surface area contributed by atoms with Crippen LogP contribution in [0.1, 0.15) is 52.9 Å². The topological polar surface area (TPSA) is 41.6 Å². The fourth-order valence-corrected chi connectivity index (χ4v) is 3.48. The van der Waals surface area contributed by atoms with Gasteiger partial charge in [0.2, 0.25) is 0 Å². The molecule has 0 aliphatic heterocycles. The summed E-state index contributed by atoms with van der Waals surface area (Å²) in [6.07, 6.45) is 6.04. The fraction of sp³-hybridized carbons (Fsp3) is 0.938. The number of carbonyl (C=O) groups is 1. The molecule has 4 unspecified atom stereocenters. The third-order valence-corrected chi connectivity index (χ3v) is 5.18. The molecule has 0 amide bonds. The van der Waals surface area contributed by atoms with Gasteiger partial charge in [0.05, 0.1) is 7.11 Å². The molecule has 1 N–H and O–H groups in total. The summed E-state index contributed by atoms with van der Waals surface area (Å²) in [5.74, 6) is 0.562. The van der Waals surface area contributed by atoms with Crippen LogP contribution in [0.2, 0.25) is 0 Å². The number of likely N-dealkylation sites (N-methyl/N-ethyl adjacent to an activating group) is 1. The zero-order chi connectivity index (χ0) is 15.3. The fourth-order valence-electron chi connectivity index (χ4n) is 3.48. The van der Waals surface area contributed by atoms with Gasteiger partial charge in [-0.15, -0.1) is 0 Å². The maximum Gasteiger partial charge on any atom is 0.325 e. The molecule has 4 atom stereocenters. The Bertz CT molecular complexity index is 322. The van der Waals surface area contributed by atoms with Crippen molar-refractivity contribution in [1.29, 1.82) is 0 Å². The highest BCUT2D eigenvalue weighted by molar-refractivity contribution is 5.80. The first kappa shape index (κ1) is 17.4. The van der Waals surface area contributed by atoms with Gasteiger partial charge in [0.1, 0.15) is 5.54 Å². The summed E-state index contributed by atoms with van der Waals surface area (Å²) in [6, 6.07) is 0.981. The Morgan fingerprint density at radius 3 is 2.55 bits per heavy atom. The Kier molecular flexibility index (Phi) is 6.46. The average Bonchev–Trinajstić information content (AvgIpc) is 2.45. The van der Waals surface area contributed by atoms with Crippen LogP contribution in [0.25, 0.3) is 0 Å². The van der Waals surface area contributed by atoms with Gasteiger partial charge >= 0.3 is 5.97 Å². The monoisotopic (exact) mass is 284 g/mol. The molecule has 0 aromatic rings. The van der Waals surface area contributed by atoms with Gasteiger partial charge in [-0.25, -0.2) is 0 Å². The van der Waals surface area contributed by atoms with Crippen LogP contribution in [0, 0.1) is 5.92 Å². The van der Waals surface area contributed by atoms with E-state index in [2.05, 4.69) is 31.1 Å². The Hall–Kier alpha value is -0.610. The molecule has 0 bridgehead atoms. The van der Waals surface area contributed by atoms with Gasteiger partial charge in [-0.1, -0.05) is 19.8 Å². The average molecular weight is 284 g/mol. The van der Waals surface area contributed by atoms with E-state index in [1.165, 1.54) is 32.8 Å². The normalized spacial score (nSPS) is 27.9. The van der Waals surface area contributed by atoms with Crippen molar-refractivity contribution in [3.63, 3.8) is 0 Å². The third kappa shape index (κ3) is 3.95. The minimum absolute atomic E-state index is 0.183. The molecule has 1 fully saturated rings. The molecule has 1 rings (SSSR count). The number of hydrogen-bond acceptors (Lipinski definition) is 4. The predicted octanol–water partition coefficient (Wildman–Crippen LogP) is 2.43. The number of nitrogens with zero attached hydrogens (tertiary/aromatic N) is 1. The number of rotatable bonds is 6. The Morgan fingerprint density at radius 1 is 1.45 bits per heavy atom. The molecule has 0 aromatic heterocycles. The molecular weight excluding hydrogens is 252 g/mol. The van der Waals surface area contributed by atoms with Gasteiger partial charge in [-0.05, 0) is 53.1 Å². The van der Waals surface area contributed by atoms with Gasteiger partial charge in [-0.2, -0.15) is 0 Å². The molecule has 1 aliphatic rings. The van der Waals surface area contributed by atoms with E-state index in [4.69, 9.17) is 4.74 Å². The van der Waals surface area contributed by atoms with Gasteiger partial charge in [0, 0.05) is 12.1 Å². The summed E-state index contributed by atoms with van der Waals surface area (Å²) < 4.78 is 4.93. The summed E-state index contributed by atoms with van der Waals surface area (Å²) in [5.41, 5.74) is -0.611. The van der Waals surface area contributed by atoms with Crippen LogP contribution < -0.4 is 5.32 Å². The van der Waals surface area contributed by atoms with Crippen LogP contribution in [-0.4, -0.2) is 49.7 Å². The van der Waals surface area contributed by atoms with Crippen LogP contribution in [-0.2, 0) is 9.53 Å². The van der Waals surface area contributed by atoms with Gasteiger partial charge in [0.25, 0.3) is 0 Å². The predicted molar refractivity (Wildman–Crippen MR) is 82.7 cm³/mol. The lowest BCUT2D eigenvalue weighted by Gasteiger charge is -2.42. The molecule has 118 valence electrons. The number of nitrogens with one attached hydrogen (secondary N) is 1. The summed E-state index contributed by atoms with van der Waals surface area (Å²) in [7, 11) is 5.48. The minimum atomic E-state index is -0.611. The van der Waals surface area contributed by atoms with Crippen molar-refractivity contribution in [2.45, 2.75) is 70.5 Å². The molecule has 20 heavy (non-hydrogen) atoms. The smallest absolute Gasteiger partial charge is 0.325 e. The molecule has 1 aliphatic carbocycles. The van der Waals surface area contributed by atoms with Crippen molar-refractivity contribution < 1.29 is 9.53 Å². The molecular formula is C16H32N2O2. The van der Waals surface area contributed by atoms with Gasteiger partial charge in [0.15, 0.2) is 0 Å². The Morgan fingerprint density at radius 2 is 2.05 bits per heavy atom. The van der Waals surface area contributed by atoms with E-state index in [1.54, 1.807) is 0 Å². The zero-order valence-corrected chi connectivity index (χ0v) is 14.0. The molecule has 0 radical (unpaired) electrons. The molecule has 0 heterocycles. The lowest BCUT2D eigenvalue weighted by molar-refractivity contribution is -0.148. The van der Waals surface area contributed by atoms with Gasteiger partial charge in [-0.3, -0.25) is 4.79 Å². The third-order valence-electron chi connectivity index (χ3n) is 5.18. The van der Waals surface area contributed by atoms with Crippen molar-refractivity contribution in [2.75, 3.05) is 21.2 Å². The molecule has 0 saturated heterocycles. The number of carbonyl (C=O) groups excluding carboxylic acids is 1. The van der Waals surface area contributed by atoms with Crippen LogP contribution in [0.4, 0.5) is 0 Å². The highest BCUT2D eigenvalue weighted by Gasteiger charge is 2.37. The second-order valence-corrected chi connectivity index (χ2v) is 6.62. The van der Waals surface area contributed by atoms with Crippen LogP contribution in [0.15, 0.2) is 0 Å². The second-order valence-electron chi connectivity index (χ2n) is 6.62. The van der Waals surface area contributed by atoms with E-state index in [0.717, 1.165) is 12.3 Å². The van der Waals surface area contributed by atoms with Crippen molar-refractivity contribution in [3.05, 3.63) is 0 Å².